The predicted molar refractivity (Wildman–Crippen MR) is 94.9 cm³/mol. The summed E-state index contributed by atoms with van der Waals surface area (Å²) in [6.45, 7) is 4.57. The molecule has 0 saturated heterocycles. The maximum absolute atomic E-state index is 11.2. The van der Waals surface area contributed by atoms with Crippen molar-refractivity contribution in [1.29, 1.82) is 0 Å². The SMILES string of the molecule is CN=C(NCc1cc(C)cc(OC)c1)NC(C)CCS(C)(=O)=O. The van der Waals surface area contributed by atoms with Crippen molar-refractivity contribution in [3.05, 3.63) is 29.3 Å². The van der Waals surface area contributed by atoms with Crippen LogP contribution in [0.4, 0.5) is 0 Å². The fraction of sp³-hybridized carbons (Fsp3) is 0.562. The molecule has 130 valence electrons. The lowest BCUT2D eigenvalue weighted by Gasteiger charge is -2.18. The molecule has 0 spiro atoms. The minimum absolute atomic E-state index is 0.0166. The summed E-state index contributed by atoms with van der Waals surface area (Å²) >= 11 is 0. The Hall–Kier alpha value is -1.76. The van der Waals surface area contributed by atoms with Crippen LogP contribution in [0.2, 0.25) is 0 Å². The van der Waals surface area contributed by atoms with Crippen LogP contribution in [0.25, 0.3) is 0 Å². The van der Waals surface area contributed by atoms with E-state index in [2.05, 4.69) is 21.7 Å². The number of benzene rings is 1. The van der Waals surface area contributed by atoms with E-state index in [-0.39, 0.29) is 11.8 Å². The number of aryl methyl sites for hydroxylation is 1. The van der Waals surface area contributed by atoms with Crippen LogP contribution in [0.15, 0.2) is 23.2 Å². The first-order valence-corrected chi connectivity index (χ1v) is 9.59. The highest BCUT2D eigenvalue weighted by molar-refractivity contribution is 7.90. The van der Waals surface area contributed by atoms with Crippen LogP contribution in [-0.4, -0.2) is 46.6 Å². The van der Waals surface area contributed by atoms with Gasteiger partial charge in [0.05, 0.1) is 12.9 Å². The number of hydrogen-bond donors (Lipinski definition) is 2. The van der Waals surface area contributed by atoms with Gasteiger partial charge in [-0.3, -0.25) is 4.99 Å². The Morgan fingerprint density at radius 1 is 1.35 bits per heavy atom. The van der Waals surface area contributed by atoms with Crippen molar-refractivity contribution in [2.75, 3.05) is 26.2 Å². The van der Waals surface area contributed by atoms with Crippen molar-refractivity contribution < 1.29 is 13.2 Å². The number of aliphatic imine (C=N–C) groups is 1. The molecule has 1 rings (SSSR count). The first kappa shape index (κ1) is 19.3. The van der Waals surface area contributed by atoms with Gasteiger partial charge in [-0.15, -0.1) is 0 Å². The van der Waals surface area contributed by atoms with E-state index >= 15 is 0 Å². The molecule has 6 nitrogen and oxygen atoms in total. The number of ether oxygens (including phenoxy) is 1. The van der Waals surface area contributed by atoms with Gasteiger partial charge in [0.15, 0.2) is 5.96 Å². The minimum Gasteiger partial charge on any atom is -0.497 e. The molecule has 0 aliphatic rings. The maximum atomic E-state index is 11.2. The Balaban J connectivity index is 2.56. The molecule has 1 aromatic rings. The summed E-state index contributed by atoms with van der Waals surface area (Å²) in [5.74, 6) is 1.63. The van der Waals surface area contributed by atoms with Crippen molar-refractivity contribution in [3.8, 4) is 5.75 Å². The van der Waals surface area contributed by atoms with Gasteiger partial charge in [-0.25, -0.2) is 8.42 Å². The van der Waals surface area contributed by atoms with Crippen LogP contribution >= 0.6 is 0 Å². The number of hydrogen-bond acceptors (Lipinski definition) is 4. The number of nitrogens with one attached hydrogen (secondary N) is 2. The second-order valence-electron chi connectivity index (χ2n) is 5.75. The summed E-state index contributed by atoms with van der Waals surface area (Å²) in [6.07, 6.45) is 1.79. The van der Waals surface area contributed by atoms with Gasteiger partial charge < -0.3 is 15.4 Å². The van der Waals surface area contributed by atoms with E-state index in [1.165, 1.54) is 6.26 Å². The lowest BCUT2D eigenvalue weighted by atomic mass is 10.1. The van der Waals surface area contributed by atoms with Gasteiger partial charge in [-0.1, -0.05) is 6.07 Å². The van der Waals surface area contributed by atoms with Crippen LogP contribution in [-0.2, 0) is 16.4 Å². The van der Waals surface area contributed by atoms with Gasteiger partial charge in [-0.05, 0) is 43.5 Å². The highest BCUT2D eigenvalue weighted by atomic mass is 32.2. The van der Waals surface area contributed by atoms with Crippen LogP contribution in [0.3, 0.4) is 0 Å². The van der Waals surface area contributed by atoms with Crippen molar-refractivity contribution in [3.63, 3.8) is 0 Å². The summed E-state index contributed by atoms with van der Waals surface area (Å²) in [7, 11) is 0.395. The monoisotopic (exact) mass is 341 g/mol. The van der Waals surface area contributed by atoms with Crippen molar-refractivity contribution in [2.24, 2.45) is 4.99 Å². The number of guanidine groups is 1. The van der Waals surface area contributed by atoms with Gasteiger partial charge in [0.2, 0.25) is 0 Å². The third-order valence-corrected chi connectivity index (χ3v) is 4.31. The lowest BCUT2D eigenvalue weighted by molar-refractivity contribution is 0.414. The molecule has 2 N–H and O–H groups in total. The number of rotatable bonds is 7. The number of sulfone groups is 1. The zero-order valence-electron chi connectivity index (χ0n) is 14.5. The van der Waals surface area contributed by atoms with Gasteiger partial charge in [0, 0.05) is 25.9 Å². The molecule has 1 unspecified atom stereocenters. The Kier molecular flexibility index (Phi) is 7.35. The molecular weight excluding hydrogens is 314 g/mol. The Bertz CT molecular complexity index is 642. The molecule has 0 fully saturated rings. The fourth-order valence-corrected chi connectivity index (χ4v) is 2.90. The van der Waals surface area contributed by atoms with Crippen LogP contribution in [0.1, 0.15) is 24.5 Å². The second-order valence-corrected chi connectivity index (χ2v) is 8.01. The van der Waals surface area contributed by atoms with Gasteiger partial charge in [0.1, 0.15) is 15.6 Å². The van der Waals surface area contributed by atoms with E-state index in [1.807, 2.05) is 26.0 Å². The van der Waals surface area contributed by atoms with Gasteiger partial charge >= 0.3 is 0 Å². The third-order valence-electron chi connectivity index (χ3n) is 3.33. The normalized spacial score (nSPS) is 13.5. The molecule has 1 aromatic carbocycles. The molecule has 0 aromatic heterocycles. The molecule has 0 amide bonds. The second kappa shape index (κ2) is 8.76. The molecule has 7 heteroatoms. The van der Waals surface area contributed by atoms with E-state index in [0.717, 1.165) is 16.9 Å². The first-order chi connectivity index (χ1) is 10.7. The van der Waals surface area contributed by atoms with E-state index in [4.69, 9.17) is 4.74 Å². The maximum Gasteiger partial charge on any atom is 0.191 e. The van der Waals surface area contributed by atoms with Crippen molar-refractivity contribution in [2.45, 2.75) is 32.9 Å². The van der Waals surface area contributed by atoms with E-state index in [0.29, 0.717) is 18.9 Å². The highest BCUT2D eigenvalue weighted by Gasteiger charge is 2.09. The zero-order valence-corrected chi connectivity index (χ0v) is 15.3. The Morgan fingerprint density at radius 3 is 2.61 bits per heavy atom. The molecule has 0 saturated carbocycles. The van der Waals surface area contributed by atoms with Gasteiger partial charge in [-0.2, -0.15) is 0 Å². The van der Waals surface area contributed by atoms with E-state index in [1.54, 1.807) is 14.2 Å². The van der Waals surface area contributed by atoms with Crippen molar-refractivity contribution in [1.82, 2.24) is 10.6 Å². The number of nitrogens with zero attached hydrogens (tertiary/aromatic N) is 1. The van der Waals surface area contributed by atoms with Crippen LogP contribution in [0.5, 0.6) is 5.75 Å². The molecule has 23 heavy (non-hydrogen) atoms. The zero-order chi connectivity index (χ0) is 17.5. The summed E-state index contributed by atoms with van der Waals surface area (Å²) < 4.78 is 27.7. The molecule has 0 aliphatic carbocycles. The average Bonchev–Trinajstić information content (AvgIpc) is 2.48. The largest absolute Gasteiger partial charge is 0.497 e. The molecule has 0 radical (unpaired) electrons. The molecule has 0 bridgehead atoms. The highest BCUT2D eigenvalue weighted by Crippen LogP contribution is 2.16. The predicted octanol–water partition coefficient (Wildman–Crippen LogP) is 1.49. The number of methoxy groups -OCH3 is 1. The van der Waals surface area contributed by atoms with Crippen molar-refractivity contribution >= 4 is 15.8 Å². The summed E-state index contributed by atoms with van der Waals surface area (Å²) in [6, 6.07) is 6.04. The minimum atomic E-state index is -2.94. The summed E-state index contributed by atoms with van der Waals surface area (Å²) in [5, 5.41) is 6.42. The van der Waals surface area contributed by atoms with Crippen LogP contribution in [0, 0.1) is 6.92 Å². The Labute approximate surface area is 139 Å². The standard InChI is InChI=1S/C16H27N3O3S/c1-12-8-14(10-15(9-12)22-4)11-18-16(17-3)19-13(2)6-7-23(5,20)21/h8-10,13H,6-7,11H2,1-5H3,(H2,17,18,19). The summed E-state index contributed by atoms with van der Waals surface area (Å²) in [4.78, 5) is 4.17. The fourth-order valence-electron chi connectivity index (χ4n) is 2.12. The van der Waals surface area contributed by atoms with E-state index in [9.17, 15) is 8.42 Å². The smallest absolute Gasteiger partial charge is 0.191 e. The average molecular weight is 341 g/mol. The third kappa shape index (κ3) is 7.88. The Morgan fingerprint density at radius 2 is 2.04 bits per heavy atom. The topological polar surface area (TPSA) is 79.8 Å². The molecular formula is C16H27N3O3S. The van der Waals surface area contributed by atoms with Crippen LogP contribution < -0.4 is 15.4 Å². The quantitative estimate of drug-likeness (QED) is 0.580. The molecule has 0 aliphatic heterocycles. The molecule has 0 heterocycles. The lowest BCUT2D eigenvalue weighted by Crippen LogP contribution is -2.42. The van der Waals surface area contributed by atoms with E-state index < -0.39 is 9.84 Å². The van der Waals surface area contributed by atoms with Gasteiger partial charge in [0.25, 0.3) is 0 Å². The summed E-state index contributed by atoms with van der Waals surface area (Å²) in [5.41, 5.74) is 2.22. The molecule has 1 atom stereocenters. The first-order valence-electron chi connectivity index (χ1n) is 7.53.